The predicted molar refractivity (Wildman–Crippen MR) is 84.5 cm³/mol. The average Bonchev–Trinajstić information content (AvgIpc) is 2.82. The molecule has 2 aromatic rings. The quantitative estimate of drug-likeness (QED) is 0.892. The topological polar surface area (TPSA) is 52.9 Å². The van der Waals surface area contributed by atoms with Gasteiger partial charge in [0.25, 0.3) is 5.91 Å². The number of amides is 1. The van der Waals surface area contributed by atoms with Crippen LogP contribution in [0, 0.1) is 28.9 Å². The van der Waals surface area contributed by atoms with Gasteiger partial charge in [0.1, 0.15) is 28.3 Å². The van der Waals surface area contributed by atoms with Gasteiger partial charge in [0.05, 0.1) is 5.56 Å². The fourth-order valence-electron chi connectivity index (χ4n) is 2.84. The fourth-order valence-corrected chi connectivity index (χ4v) is 4.19. The first-order valence-electron chi connectivity index (χ1n) is 7.31. The summed E-state index contributed by atoms with van der Waals surface area (Å²) in [5, 5.41) is 12.3. The third kappa shape index (κ3) is 2.84. The van der Waals surface area contributed by atoms with Crippen LogP contribution in [0.5, 0.6) is 0 Å². The minimum atomic E-state index is -0.920. The molecule has 0 radical (unpaired) electrons. The van der Waals surface area contributed by atoms with E-state index in [1.165, 1.54) is 17.4 Å². The average molecular weight is 332 g/mol. The monoisotopic (exact) mass is 332 g/mol. The van der Waals surface area contributed by atoms with Gasteiger partial charge in [-0.25, -0.2) is 8.78 Å². The molecule has 3 nitrogen and oxygen atoms in total. The van der Waals surface area contributed by atoms with E-state index < -0.39 is 23.1 Å². The lowest BCUT2D eigenvalue weighted by Crippen LogP contribution is -2.15. The van der Waals surface area contributed by atoms with Gasteiger partial charge in [0, 0.05) is 4.88 Å². The summed E-state index contributed by atoms with van der Waals surface area (Å²) in [6, 6.07) is 5.38. The van der Waals surface area contributed by atoms with Crippen molar-refractivity contribution in [2.45, 2.75) is 26.2 Å². The summed E-state index contributed by atoms with van der Waals surface area (Å²) in [7, 11) is 0. The number of hydrogen-bond acceptors (Lipinski definition) is 3. The van der Waals surface area contributed by atoms with Crippen molar-refractivity contribution in [3.8, 4) is 6.07 Å². The number of nitrogens with one attached hydrogen (secondary N) is 1. The molecule has 1 heterocycles. The van der Waals surface area contributed by atoms with Crippen LogP contribution in [0.25, 0.3) is 0 Å². The van der Waals surface area contributed by atoms with Crippen LogP contribution >= 0.6 is 11.3 Å². The molecule has 118 valence electrons. The molecule has 0 spiro atoms. The van der Waals surface area contributed by atoms with Crippen molar-refractivity contribution in [3.05, 3.63) is 51.4 Å². The molecule has 0 aliphatic heterocycles. The fraction of sp³-hybridized carbons (Fsp3) is 0.294. The number of carbonyl (C=O) groups excluding carboxylic acids is 1. The number of nitrogens with zero attached hydrogens (tertiary/aromatic N) is 1. The molecular weight excluding hydrogens is 318 g/mol. The van der Waals surface area contributed by atoms with Crippen molar-refractivity contribution in [1.82, 2.24) is 0 Å². The summed E-state index contributed by atoms with van der Waals surface area (Å²) in [5.41, 5.74) is 0.748. The highest BCUT2D eigenvalue weighted by Gasteiger charge is 2.26. The van der Waals surface area contributed by atoms with E-state index in [1.807, 2.05) is 0 Å². The number of thiophene rings is 1. The van der Waals surface area contributed by atoms with E-state index in [0.717, 1.165) is 41.8 Å². The van der Waals surface area contributed by atoms with Crippen LogP contribution in [0.4, 0.5) is 13.8 Å². The zero-order valence-corrected chi connectivity index (χ0v) is 13.3. The molecule has 0 saturated carbocycles. The van der Waals surface area contributed by atoms with Crippen molar-refractivity contribution in [2.24, 2.45) is 5.92 Å². The summed E-state index contributed by atoms with van der Waals surface area (Å²) < 4.78 is 27.4. The van der Waals surface area contributed by atoms with Gasteiger partial charge in [-0.3, -0.25) is 4.79 Å². The first kappa shape index (κ1) is 15.6. The third-order valence-corrected chi connectivity index (χ3v) is 5.21. The Morgan fingerprint density at radius 3 is 2.74 bits per heavy atom. The standard InChI is InChI=1S/C17H14F2N2OS/c1-9-5-6-10-11(8-20)17(23-14(10)7-9)21-16(22)15-12(18)3-2-4-13(15)19/h2-4,9H,5-7H2,1H3,(H,21,22). The minimum Gasteiger partial charge on any atom is -0.312 e. The van der Waals surface area contributed by atoms with Crippen LogP contribution < -0.4 is 5.32 Å². The second kappa shape index (κ2) is 6.09. The first-order chi connectivity index (χ1) is 11.0. The second-order valence-electron chi connectivity index (χ2n) is 5.72. The minimum absolute atomic E-state index is 0.374. The number of rotatable bonds is 2. The molecule has 3 rings (SSSR count). The molecule has 1 amide bonds. The molecule has 1 aliphatic carbocycles. The predicted octanol–water partition coefficient (Wildman–Crippen LogP) is 4.28. The lowest BCUT2D eigenvalue weighted by Gasteiger charge is -2.17. The Kier molecular flexibility index (Phi) is 4.14. The number of halogens is 2. The number of anilines is 1. The van der Waals surface area contributed by atoms with Gasteiger partial charge < -0.3 is 5.32 Å². The largest absolute Gasteiger partial charge is 0.312 e. The number of carbonyl (C=O) groups is 1. The molecule has 0 saturated heterocycles. The molecular formula is C17H14F2N2OS. The maximum absolute atomic E-state index is 13.7. The molecule has 0 fully saturated rings. The van der Waals surface area contributed by atoms with Gasteiger partial charge in [0.15, 0.2) is 0 Å². The molecule has 1 unspecified atom stereocenters. The summed E-state index contributed by atoms with van der Waals surface area (Å²) in [6.45, 7) is 2.14. The zero-order chi connectivity index (χ0) is 16.6. The van der Waals surface area contributed by atoms with E-state index in [0.29, 0.717) is 16.5 Å². The molecule has 1 aromatic carbocycles. The summed E-state index contributed by atoms with van der Waals surface area (Å²) in [6.07, 6.45) is 2.65. The number of hydrogen-bond donors (Lipinski definition) is 1. The maximum Gasteiger partial charge on any atom is 0.262 e. The van der Waals surface area contributed by atoms with Crippen LogP contribution in [0.15, 0.2) is 18.2 Å². The molecule has 1 atom stereocenters. The summed E-state index contributed by atoms with van der Waals surface area (Å²) in [4.78, 5) is 13.3. The Bertz CT molecular complexity index is 802. The van der Waals surface area contributed by atoms with E-state index in [9.17, 15) is 18.8 Å². The highest BCUT2D eigenvalue weighted by molar-refractivity contribution is 7.16. The number of benzene rings is 1. The second-order valence-corrected chi connectivity index (χ2v) is 6.82. The van der Waals surface area contributed by atoms with Gasteiger partial charge >= 0.3 is 0 Å². The number of fused-ring (bicyclic) bond motifs is 1. The molecule has 23 heavy (non-hydrogen) atoms. The van der Waals surface area contributed by atoms with Gasteiger partial charge in [-0.05, 0) is 42.9 Å². The van der Waals surface area contributed by atoms with Crippen molar-refractivity contribution >= 4 is 22.2 Å². The van der Waals surface area contributed by atoms with Crippen molar-refractivity contribution in [1.29, 1.82) is 5.26 Å². The van der Waals surface area contributed by atoms with E-state index in [4.69, 9.17) is 0 Å². The smallest absolute Gasteiger partial charge is 0.262 e. The lowest BCUT2D eigenvalue weighted by atomic mass is 9.88. The van der Waals surface area contributed by atoms with Crippen LogP contribution in [0.2, 0.25) is 0 Å². The Balaban J connectivity index is 1.95. The molecule has 6 heteroatoms. The van der Waals surface area contributed by atoms with Crippen LogP contribution in [-0.2, 0) is 12.8 Å². The maximum atomic E-state index is 13.7. The first-order valence-corrected chi connectivity index (χ1v) is 8.13. The van der Waals surface area contributed by atoms with Gasteiger partial charge in [-0.15, -0.1) is 11.3 Å². The zero-order valence-electron chi connectivity index (χ0n) is 12.5. The molecule has 0 bridgehead atoms. The van der Waals surface area contributed by atoms with Gasteiger partial charge in [-0.2, -0.15) is 5.26 Å². The van der Waals surface area contributed by atoms with Crippen LogP contribution in [0.1, 0.15) is 39.7 Å². The molecule has 1 aliphatic rings. The Morgan fingerprint density at radius 1 is 1.39 bits per heavy atom. The number of nitriles is 1. The highest BCUT2D eigenvalue weighted by Crippen LogP contribution is 2.39. The molecule has 1 aromatic heterocycles. The van der Waals surface area contributed by atoms with E-state index in [-0.39, 0.29) is 0 Å². The van der Waals surface area contributed by atoms with E-state index in [1.54, 1.807) is 0 Å². The normalized spacial score (nSPS) is 16.5. The van der Waals surface area contributed by atoms with E-state index in [2.05, 4.69) is 18.3 Å². The SMILES string of the molecule is CC1CCc2c(sc(NC(=O)c3c(F)cccc3F)c2C#N)C1. The van der Waals surface area contributed by atoms with E-state index >= 15 is 0 Å². The Morgan fingerprint density at radius 2 is 2.09 bits per heavy atom. The Labute approximate surface area is 136 Å². The Hall–Kier alpha value is -2.26. The molecule has 1 N–H and O–H groups in total. The van der Waals surface area contributed by atoms with Crippen molar-refractivity contribution in [2.75, 3.05) is 5.32 Å². The third-order valence-electron chi connectivity index (χ3n) is 4.04. The lowest BCUT2D eigenvalue weighted by molar-refractivity contribution is 0.101. The summed E-state index contributed by atoms with van der Waals surface area (Å²) >= 11 is 1.33. The van der Waals surface area contributed by atoms with Crippen molar-refractivity contribution in [3.63, 3.8) is 0 Å². The highest BCUT2D eigenvalue weighted by atomic mass is 32.1. The van der Waals surface area contributed by atoms with Crippen LogP contribution in [0.3, 0.4) is 0 Å². The van der Waals surface area contributed by atoms with Crippen molar-refractivity contribution < 1.29 is 13.6 Å². The van der Waals surface area contributed by atoms with Crippen LogP contribution in [-0.4, -0.2) is 5.91 Å². The van der Waals surface area contributed by atoms with Gasteiger partial charge in [-0.1, -0.05) is 13.0 Å². The van der Waals surface area contributed by atoms with Gasteiger partial charge in [0.2, 0.25) is 0 Å². The summed E-state index contributed by atoms with van der Waals surface area (Å²) in [5.74, 6) is -2.18.